The number of rotatable bonds is 2. The van der Waals surface area contributed by atoms with E-state index in [0.29, 0.717) is 12.2 Å². The predicted molar refractivity (Wildman–Crippen MR) is 50.3 cm³/mol. The predicted octanol–water partition coefficient (Wildman–Crippen LogP) is 3.01. The lowest BCUT2D eigenvalue weighted by Crippen LogP contribution is -2.08. The Labute approximate surface area is 85.3 Å². The summed E-state index contributed by atoms with van der Waals surface area (Å²) < 4.78 is 37.1. The van der Waals surface area contributed by atoms with Gasteiger partial charge in [-0.1, -0.05) is 0 Å². The van der Waals surface area contributed by atoms with Crippen molar-refractivity contribution in [1.82, 2.24) is 0 Å². The highest BCUT2D eigenvalue weighted by Gasteiger charge is 2.33. The molecule has 0 heterocycles. The van der Waals surface area contributed by atoms with E-state index in [1.807, 2.05) is 6.92 Å². The summed E-state index contributed by atoms with van der Waals surface area (Å²) in [7, 11) is 0. The molecule has 0 saturated carbocycles. The van der Waals surface area contributed by atoms with E-state index in [9.17, 15) is 13.2 Å². The molecule has 0 aromatic heterocycles. The van der Waals surface area contributed by atoms with Crippen LogP contribution >= 0.6 is 0 Å². The van der Waals surface area contributed by atoms with Crippen molar-refractivity contribution in [2.24, 2.45) is 0 Å². The van der Waals surface area contributed by atoms with E-state index in [0.717, 1.165) is 6.07 Å². The number of nitrogens with one attached hydrogen (secondary N) is 1. The molecule has 0 saturated heterocycles. The van der Waals surface area contributed by atoms with E-state index in [4.69, 9.17) is 5.26 Å². The van der Waals surface area contributed by atoms with Crippen LogP contribution in [0, 0.1) is 11.3 Å². The lowest BCUT2D eigenvalue weighted by Gasteiger charge is -2.10. The molecule has 1 rings (SSSR count). The van der Waals surface area contributed by atoms with Gasteiger partial charge >= 0.3 is 6.18 Å². The number of hydrogen-bond acceptors (Lipinski definition) is 2. The quantitative estimate of drug-likeness (QED) is 0.821. The topological polar surface area (TPSA) is 35.8 Å². The first-order chi connectivity index (χ1) is 6.99. The maximum Gasteiger partial charge on any atom is 0.417 e. The van der Waals surface area contributed by atoms with Gasteiger partial charge in [0.1, 0.15) is 0 Å². The number of hydrogen-bond donors (Lipinski definition) is 1. The largest absolute Gasteiger partial charge is 0.417 e. The third-order valence-corrected chi connectivity index (χ3v) is 1.83. The molecule has 15 heavy (non-hydrogen) atoms. The molecule has 0 fully saturated rings. The zero-order valence-corrected chi connectivity index (χ0v) is 8.02. The van der Waals surface area contributed by atoms with Crippen molar-refractivity contribution >= 4 is 5.69 Å². The number of alkyl halides is 3. The summed E-state index contributed by atoms with van der Waals surface area (Å²) in [5.74, 6) is 0. The minimum atomic E-state index is -4.48. The average molecular weight is 214 g/mol. The molecule has 0 spiro atoms. The van der Waals surface area contributed by atoms with Gasteiger partial charge in [0, 0.05) is 12.2 Å². The van der Waals surface area contributed by atoms with Crippen molar-refractivity contribution < 1.29 is 13.2 Å². The lowest BCUT2D eigenvalue weighted by molar-refractivity contribution is -0.137. The van der Waals surface area contributed by atoms with Crippen LogP contribution in [0.1, 0.15) is 18.1 Å². The summed E-state index contributed by atoms with van der Waals surface area (Å²) in [6.07, 6.45) is -4.48. The normalized spacial score (nSPS) is 10.9. The Balaban J connectivity index is 3.17. The van der Waals surface area contributed by atoms with Crippen molar-refractivity contribution in [3.63, 3.8) is 0 Å². The van der Waals surface area contributed by atoms with Gasteiger partial charge in [-0.25, -0.2) is 0 Å². The molecule has 1 aromatic rings. The zero-order chi connectivity index (χ0) is 11.5. The van der Waals surface area contributed by atoms with E-state index in [-0.39, 0.29) is 5.56 Å². The second kappa shape index (κ2) is 4.22. The van der Waals surface area contributed by atoms with Gasteiger partial charge in [-0.3, -0.25) is 0 Å². The Kier molecular flexibility index (Phi) is 3.20. The number of anilines is 1. The molecule has 0 amide bonds. The fraction of sp³-hybridized carbons (Fsp3) is 0.300. The van der Waals surface area contributed by atoms with E-state index in [2.05, 4.69) is 5.32 Å². The highest BCUT2D eigenvalue weighted by molar-refractivity contribution is 5.53. The SMILES string of the molecule is CCNc1ccc(C(F)(F)F)c(C#N)c1. The van der Waals surface area contributed by atoms with Crippen LogP contribution in [-0.4, -0.2) is 6.54 Å². The van der Waals surface area contributed by atoms with E-state index >= 15 is 0 Å². The molecule has 80 valence electrons. The number of halogens is 3. The molecular formula is C10H9F3N2. The summed E-state index contributed by atoms with van der Waals surface area (Å²) in [4.78, 5) is 0. The van der Waals surface area contributed by atoms with Crippen LogP contribution in [0.25, 0.3) is 0 Å². The van der Waals surface area contributed by atoms with Crippen molar-refractivity contribution in [1.29, 1.82) is 5.26 Å². The second-order valence-electron chi connectivity index (χ2n) is 2.90. The maximum atomic E-state index is 12.4. The molecule has 0 unspecified atom stereocenters. The Bertz CT molecular complexity index is 391. The van der Waals surface area contributed by atoms with Crippen LogP contribution in [0.4, 0.5) is 18.9 Å². The van der Waals surface area contributed by atoms with E-state index < -0.39 is 11.7 Å². The molecule has 1 N–H and O–H groups in total. The number of nitrogens with zero attached hydrogens (tertiary/aromatic N) is 1. The van der Waals surface area contributed by atoms with Crippen molar-refractivity contribution in [3.05, 3.63) is 29.3 Å². The summed E-state index contributed by atoms with van der Waals surface area (Å²) in [5, 5.41) is 11.4. The third kappa shape index (κ3) is 2.62. The molecule has 0 bridgehead atoms. The first kappa shape index (κ1) is 11.4. The Hall–Kier alpha value is -1.70. The maximum absolute atomic E-state index is 12.4. The molecule has 0 radical (unpaired) electrons. The first-order valence-electron chi connectivity index (χ1n) is 4.34. The van der Waals surface area contributed by atoms with Crippen molar-refractivity contribution in [3.8, 4) is 6.07 Å². The van der Waals surface area contributed by atoms with Gasteiger partial charge in [-0.2, -0.15) is 18.4 Å². The monoisotopic (exact) mass is 214 g/mol. The van der Waals surface area contributed by atoms with Crippen LogP contribution in [0.3, 0.4) is 0 Å². The number of nitriles is 1. The van der Waals surface area contributed by atoms with Gasteiger partial charge < -0.3 is 5.32 Å². The van der Waals surface area contributed by atoms with Gasteiger partial charge in [0.25, 0.3) is 0 Å². The minimum absolute atomic E-state index is 0.360. The second-order valence-corrected chi connectivity index (χ2v) is 2.90. The first-order valence-corrected chi connectivity index (χ1v) is 4.34. The van der Waals surface area contributed by atoms with Crippen LogP contribution < -0.4 is 5.32 Å². The van der Waals surface area contributed by atoms with Gasteiger partial charge in [0.2, 0.25) is 0 Å². The Morgan fingerprint density at radius 1 is 1.40 bits per heavy atom. The standard InChI is InChI=1S/C10H9F3N2/c1-2-15-8-3-4-9(10(11,12)13)7(5-8)6-14/h3-5,15H,2H2,1H3. The van der Waals surface area contributed by atoms with Crippen LogP contribution in [0.2, 0.25) is 0 Å². The van der Waals surface area contributed by atoms with Crippen LogP contribution in [-0.2, 0) is 6.18 Å². The van der Waals surface area contributed by atoms with Crippen molar-refractivity contribution in [2.45, 2.75) is 13.1 Å². The number of benzene rings is 1. The molecular weight excluding hydrogens is 205 g/mol. The summed E-state index contributed by atoms with van der Waals surface area (Å²) in [6, 6.07) is 4.97. The van der Waals surface area contributed by atoms with Crippen LogP contribution in [0.5, 0.6) is 0 Å². The zero-order valence-electron chi connectivity index (χ0n) is 8.02. The van der Waals surface area contributed by atoms with E-state index in [1.54, 1.807) is 6.07 Å². The Morgan fingerprint density at radius 2 is 2.07 bits per heavy atom. The molecule has 5 heteroatoms. The van der Waals surface area contributed by atoms with Gasteiger partial charge in [0.15, 0.2) is 0 Å². The average Bonchev–Trinajstić information content (AvgIpc) is 2.16. The van der Waals surface area contributed by atoms with Crippen LogP contribution in [0.15, 0.2) is 18.2 Å². The third-order valence-electron chi connectivity index (χ3n) is 1.83. The highest BCUT2D eigenvalue weighted by atomic mass is 19.4. The van der Waals surface area contributed by atoms with E-state index in [1.165, 1.54) is 12.1 Å². The van der Waals surface area contributed by atoms with Crippen molar-refractivity contribution in [2.75, 3.05) is 11.9 Å². The van der Waals surface area contributed by atoms with Gasteiger partial charge in [-0.15, -0.1) is 0 Å². The fourth-order valence-corrected chi connectivity index (χ4v) is 1.20. The van der Waals surface area contributed by atoms with Gasteiger partial charge in [0.05, 0.1) is 17.2 Å². The minimum Gasteiger partial charge on any atom is -0.385 e. The molecule has 0 aliphatic heterocycles. The summed E-state index contributed by atoms with van der Waals surface area (Å²) >= 11 is 0. The Morgan fingerprint density at radius 3 is 2.53 bits per heavy atom. The van der Waals surface area contributed by atoms with Gasteiger partial charge in [-0.05, 0) is 25.1 Å². The molecule has 0 aliphatic carbocycles. The molecule has 2 nitrogen and oxygen atoms in total. The smallest absolute Gasteiger partial charge is 0.385 e. The molecule has 1 aromatic carbocycles. The highest BCUT2D eigenvalue weighted by Crippen LogP contribution is 2.32. The lowest BCUT2D eigenvalue weighted by atomic mass is 10.1. The molecule has 0 aliphatic rings. The summed E-state index contributed by atoms with van der Waals surface area (Å²) in [6.45, 7) is 2.42. The molecule has 0 atom stereocenters. The fourth-order valence-electron chi connectivity index (χ4n) is 1.20. The summed E-state index contributed by atoms with van der Waals surface area (Å²) in [5.41, 5.74) is -0.741.